The van der Waals surface area contributed by atoms with E-state index in [9.17, 15) is 9.59 Å². The number of amides is 1. The molecule has 0 unspecified atom stereocenters. The van der Waals surface area contributed by atoms with E-state index in [0.29, 0.717) is 0 Å². The van der Waals surface area contributed by atoms with Crippen molar-refractivity contribution in [3.63, 3.8) is 0 Å². The zero-order chi connectivity index (χ0) is 9.56. The Labute approximate surface area is 70.9 Å². The zero-order valence-corrected chi connectivity index (χ0v) is 7.09. The van der Waals surface area contributed by atoms with Crippen LogP contribution in [0.15, 0.2) is 24.4 Å². The molecule has 0 aromatic heterocycles. The summed E-state index contributed by atoms with van der Waals surface area (Å²) in [5.74, 6) is -0.781. The summed E-state index contributed by atoms with van der Waals surface area (Å²) in [6.07, 6.45) is 2.56. The molecule has 66 valence electrons. The maximum absolute atomic E-state index is 10.8. The van der Waals surface area contributed by atoms with E-state index in [2.05, 4.69) is 16.6 Å². The Morgan fingerprint density at radius 2 is 2.08 bits per heavy atom. The van der Waals surface area contributed by atoms with E-state index in [4.69, 9.17) is 0 Å². The summed E-state index contributed by atoms with van der Waals surface area (Å²) in [6.45, 7) is 4.73. The van der Waals surface area contributed by atoms with Gasteiger partial charge in [0.05, 0.1) is 12.7 Å². The minimum absolute atomic E-state index is 0.215. The first-order valence-electron chi connectivity index (χ1n) is 3.29. The maximum Gasteiger partial charge on any atom is 0.339 e. The second-order valence-electron chi connectivity index (χ2n) is 2.00. The summed E-state index contributed by atoms with van der Waals surface area (Å²) < 4.78 is 4.41. The first-order valence-corrected chi connectivity index (χ1v) is 3.29. The Morgan fingerprint density at radius 1 is 1.50 bits per heavy atom. The lowest BCUT2D eigenvalue weighted by Gasteiger charge is -1.98. The van der Waals surface area contributed by atoms with Gasteiger partial charge in [0.2, 0.25) is 5.91 Å². The molecule has 0 spiro atoms. The van der Waals surface area contributed by atoms with Crippen molar-refractivity contribution in [1.82, 2.24) is 5.32 Å². The van der Waals surface area contributed by atoms with Crippen LogP contribution in [0.3, 0.4) is 0 Å². The van der Waals surface area contributed by atoms with Gasteiger partial charge in [0.1, 0.15) is 0 Å². The Morgan fingerprint density at radius 3 is 2.42 bits per heavy atom. The summed E-state index contributed by atoms with van der Waals surface area (Å²) >= 11 is 0. The lowest BCUT2D eigenvalue weighted by atomic mass is 10.3. The Balaban J connectivity index is 4.33. The van der Waals surface area contributed by atoms with Gasteiger partial charge in [-0.1, -0.05) is 12.7 Å². The van der Waals surface area contributed by atoms with Gasteiger partial charge in [-0.3, -0.25) is 4.79 Å². The summed E-state index contributed by atoms with van der Waals surface area (Å²) in [6, 6.07) is 0. The molecule has 4 heteroatoms. The van der Waals surface area contributed by atoms with Crippen LogP contribution < -0.4 is 5.32 Å². The monoisotopic (exact) mass is 169 g/mol. The minimum Gasteiger partial charge on any atom is -0.465 e. The van der Waals surface area contributed by atoms with Crippen LogP contribution in [0, 0.1) is 0 Å². The molecule has 0 radical (unpaired) electrons. The van der Waals surface area contributed by atoms with Crippen LogP contribution in [0.2, 0.25) is 0 Å². The second kappa shape index (κ2) is 5.12. The third-order valence-corrected chi connectivity index (χ3v) is 1.07. The Bertz CT molecular complexity index is 230. The van der Waals surface area contributed by atoms with E-state index in [1.165, 1.54) is 26.3 Å². The van der Waals surface area contributed by atoms with Gasteiger partial charge >= 0.3 is 5.97 Å². The third kappa shape index (κ3) is 3.55. The average Bonchev–Trinajstić information content (AvgIpc) is 2.04. The topological polar surface area (TPSA) is 55.4 Å². The number of nitrogens with one attached hydrogen (secondary N) is 1. The van der Waals surface area contributed by atoms with Gasteiger partial charge in [-0.05, 0) is 0 Å². The van der Waals surface area contributed by atoms with Crippen molar-refractivity contribution >= 4 is 11.9 Å². The van der Waals surface area contributed by atoms with Crippen LogP contribution in [-0.4, -0.2) is 19.0 Å². The summed E-state index contributed by atoms with van der Waals surface area (Å²) in [4.78, 5) is 21.3. The highest BCUT2D eigenvalue weighted by atomic mass is 16.5. The standard InChI is InChI=1S/C8H11NO3/c1-4-7(8(11)12-3)5-9-6(2)10/h4-5H,1H2,2-3H3,(H,9,10)/b7-5+. The van der Waals surface area contributed by atoms with E-state index in [1.54, 1.807) is 0 Å². The quantitative estimate of drug-likeness (QED) is 0.377. The second-order valence-corrected chi connectivity index (χ2v) is 2.00. The van der Waals surface area contributed by atoms with E-state index >= 15 is 0 Å². The molecule has 0 aromatic carbocycles. The molecule has 12 heavy (non-hydrogen) atoms. The SMILES string of the molecule is C=C/C(=C\NC(C)=O)C(=O)OC. The molecule has 0 aliphatic carbocycles. The van der Waals surface area contributed by atoms with Gasteiger partial charge in [0.15, 0.2) is 0 Å². The normalized spacial score (nSPS) is 10.3. The van der Waals surface area contributed by atoms with Crippen molar-refractivity contribution in [2.24, 2.45) is 0 Å². The Hall–Kier alpha value is -1.58. The number of esters is 1. The first-order chi connectivity index (χ1) is 5.61. The number of hydrogen-bond acceptors (Lipinski definition) is 3. The van der Waals surface area contributed by atoms with Crippen molar-refractivity contribution in [1.29, 1.82) is 0 Å². The smallest absolute Gasteiger partial charge is 0.339 e. The summed E-state index contributed by atoms with van der Waals surface area (Å²) in [5.41, 5.74) is 0.215. The number of hydrogen-bond donors (Lipinski definition) is 1. The van der Waals surface area contributed by atoms with Gasteiger partial charge in [0.25, 0.3) is 0 Å². The fraction of sp³-hybridized carbons (Fsp3) is 0.250. The van der Waals surface area contributed by atoms with Crippen LogP contribution in [0.1, 0.15) is 6.92 Å². The third-order valence-electron chi connectivity index (χ3n) is 1.07. The molecule has 1 N–H and O–H groups in total. The molecule has 0 saturated carbocycles. The average molecular weight is 169 g/mol. The number of methoxy groups -OCH3 is 1. The number of carbonyl (C=O) groups is 2. The van der Waals surface area contributed by atoms with Gasteiger partial charge in [-0.2, -0.15) is 0 Å². The van der Waals surface area contributed by atoms with Gasteiger partial charge in [0, 0.05) is 13.1 Å². The fourth-order valence-electron chi connectivity index (χ4n) is 0.498. The lowest BCUT2D eigenvalue weighted by Crippen LogP contribution is -2.15. The molecule has 0 fully saturated rings. The molecule has 0 saturated heterocycles. The molecule has 0 atom stereocenters. The molecular formula is C8H11NO3. The highest BCUT2D eigenvalue weighted by molar-refractivity contribution is 5.91. The molecule has 0 heterocycles. The van der Waals surface area contributed by atoms with Crippen molar-refractivity contribution in [2.75, 3.05) is 7.11 Å². The van der Waals surface area contributed by atoms with Crippen LogP contribution in [-0.2, 0) is 14.3 Å². The van der Waals surface area contributed by atoms with E-state index in [1.807, 2.05) is 0 Å². The number of ether oxygens (including phenoxy) is 1. The first kappa shape index (κ1) is 10.4. The molecule has 0 aliphatic rings. The van der Waals surface area contributed by atoms with Crippen LogP contribution in [0.4, 0.5) is 0 Å². The lowest BCUT2D eigenvalue weighted by molar-refractivity contribution is -0.135. The van der Waals surface area contributed by atoms with Crippen LogP contribution >= 0.6 is 0 Å². The molecule has 0 aliphatic heterocycles. The van der Waals surface area contributed by atoms with E-state index in [-0.39, 0.29) is 11.5 Å². The van der Waals surface area contributed by atoms with Crippen molar-refractivity contribution in [3.05, 3.63) is 24.4 Å². The zero-order valence-electron chi connectivity index (χ0n) is 7.09. The van der Waals surface area contributed by atoms with E-state index < -0.39 is 5.97 Å². The molecule has 4 nitrogen and oxygen atoms in total. The van der Waals surface area contributed by atoms with Gasteiger partial charge < -0.3 is 10.1 Å². The Kier molecular flexibility index (Phi) is 4.45. The summed E-state index contributed by atoms with van der Waals surface area (Å²) in [7, 11) is 1.26. The highest BCUT2D eigenvalue weighted by Gasteiger charge is 2.03. The maximum atomic E-state index is 10.8. The number of carbonyl (C=O) groups excluding carboxylic acids is 2. The molecule has 0 aromatic rings. The summed E-state index contributed by atoms with van der Waals surface area (Å²) in [5, 5.41) is 2.34. The van der Waals surface area contributed by atoms with Crippen molar-refractivity contribution < 1.29 is 14.3 Å². The molecule has 0 rings (SSSR count). The van der Waals surface area contributed by atoms with Crippen LogP contribution in [0.25, 0.3) is 0 Å². The van der Waals surface area contributed by atoms with Crippen molar-refractivity contribution in [3.8, 4) is 0 Å². The largest absolute Gasteiger partial charge is 0.465 e. The van der Waals surface area contributed by atoms with Crippen molar-refractivity contribution in [2.45, 2.75) is 6.92 Å². The fourth-order valence-corrected chi connectivity index (χ4v) is 0.498. The minimum atomic E-state index is -0.529. The molecule has 1 amide bonds. The van der Waals surface area contributed by atoms with Crippen LogP contribution in [0.5, 0.6) is 0 Å². The number of rotatable bonds is 3. The predicted molar refractivity (Wildman–Crippen MR) is 44.1 cm³/mol. The predicted octanol–water partition coefficient (Wildman–Crippen LogP) is 0.365. The van der Waals surface area contributed by atoms with E-state index in [0.717, 1.165) is 0 Å². The molecule has 0 bridgehead atoms. The van der Waals surface area contributed by atoms with Gasteiger partial charge in [-0.25, -0.2) is 4.79 Å². The molecular weight excluding hydrogens is 158 g/mol. The van der Waals surface area contributed by atoms with Gasteiger partial charge in [-0.15, -0.1) is 0 Å². The highest BCUT2D eigenvalue weighted by Crippen LogP contribution is 1.95.